The molecule has 0 aliphatic carbocycles. The van der Waals surface area contributed by atoms with E-state index >= 15 is 0 Å². The van der Waals surface area contributed by atoms with Crippen LogP contribution in [0.3, 0.4) is 0 Å². The Morgan fingerprint density at radius 2 is 2.00 bits per heavy atom. The topological polar surface area (TPSA) is 20.2 Å². The van der Waals surface area contributed by atoms with Crippen LogP contribution in [0.2, 0.25) is 0 Å². The van der Waals surface area contributed by atoms with E-state index in [2.05, 4.69) is 0 Å². The average molecular weight is 137 g/mol. The second-order valence-corrected chi connectivity index (χ2v) is 1.31. The van der Waals surface area contributed by atoms with Gasteiger partial charge in [0.1, 0.15) is 0 Å². The van der Waals surface area contributed by atoms with Crippen molar-refractivity contribution in [3.8, 4) is 0 Å². The van der Waals surface area contributed by atoms with E-state index in [-0.39, 0.29) is 43.8 Å². The summed E-state index contributed by atoms with van der Waals surface area (Å²) < 4.78 is 0. The van der Waals surface area contributed by atoms with Crippen molar-refractivity contribution in [2.75, 3.05) is 5.88 Å². The number of hydrogen-bond acceptors (Lipinski definition) is 1. The SMILES string of the molecule is CC(O)CCl.[CaH2]. The summed E-state index contributed by atoms with van der Waals surface area (Å²) in [6, 6.07) is 0. The third kappa shape index (κ3) is 9.10. The Labute approximate surface area is 72.7 Å². The van der Waals surface area contributed by atoms with Crippen LogP contribution in [0.4, 0.5) is 0 Å². The van der Waals surface area contributed by atoms with E-state index in [4.69, 9.17) is 16.7 Å². The van der Waals surface area contributed by atoms with Gasteiger partial charge in [-0.2, -0.15) is 0 Å². The van der Waals surface area contributed by atoms with Gasteiger partial charge in [-0.1, -0.05) is 0 Å². The summed E-state index contributed by atoms with van der Waals surface area (Å²) in [5.41, 5.74) is 0. The molecule has 0 heterocycles. The molecule has 0 radical (unpaired) electrons. The zero-order valence-corrected chi connectivity index (χ0v) is 3.87. The van der Waals surface area contributed by atoms with Gasteiger partial charge >= 0.3 is 37.7 Å². The monoisotopic (exact) mass is 136 g/mol. The number of alkyl halides is 1. The molecule has 3 heteroatoms. The molecule has 1 atom stereocenters. The predicted octanol–water partition coefficient (Wildman–Crippen LogP) is -0.310. The number of rotatable bonds is 1. The van der Waals surface area contributed by atoms with Crippen LogP contribution in [0, 0.1) is 0 Å². The van der Waals surface area contributed by atoms with E-state index in [1.54, 1.807) is 6.92 Å². The molecule has 0 aromatic rings. The first kappa shape index (κ1) is 10.5. The van der Waals surface area contributed by atoms with E-state index < -0.39 is 0 Å². The van der Waals surface area contributed by atoms with Gasteiger partial charge in [0.05, 0.1) is 6.10 Å². The average Bonchev–Trinajstić information content (AvgIpc) is 1.38. The molecule has 0 aliphatic heterocycles. The van der Waals surface area contributed by atoms with Crippen molar-refractivity contribution >= 4 is 49.3 Å². The molecule has 0 aromatic heterocycles. The molecule has 1 nitrogen and oxygen atoms in total. The van der Waals surface area contributed by atoms with Crippen LogP contribution < -0.4 is 0 Å². The van der Waals surface area contributed by atoms with E-state index in [0.29, 0.717) is 5.88 Å². The third-order valence-electron chi connectivity index (χ3n) is 0.223. The van der Waals surface area contributed by atoms with Crippen molar-refractivity contribution < 1.29 is 5.11 Å². The van der Waals surface area contributed by atoms with Crippen LogP contribution in [0.15, 0.2) is 0 Å². The zero-order valence-electron chi connectivity index (χ0n) is 3.11. The second kappa shape index (κ2) is 6.51. The Morgan fingerprint density at radius 1 is 1.83 bits per heavy atom. The van der Waals surface area contributed by atoms with Crippen LogP contribution in [0.5, 0.6) is 0 Å². The fourth-order valence-corrected chi connectivity index (χ4v) is 0. The van der Waals surface area contributed by atoms with E-state index in [0.717, 1.165) is 0 Å². The van der Waals surface area contributed by atoms with Gasteiger partial charge in [-0.05, 0) is 6.92 Å². The maximum absolute atomic E-state index is 8.23. The minimum atomic E-state index is -0.350. The Bertz CT molecular complexity index is 24.8. The van der Waals surface area contributed by atoms with E-state index in [9.17, 15) is 0 Å². The summed E-state index contributed by atoms with van der Waals surface area (Å²) in [7, 11) is 0. The van der Waals surface area contributed by atoms with Gasteiger partial charge in [-0.15, -0.1) is 11.6 Å². The van der Waals surface area contributed by atoms with Gasteiger partial charge in [0.25, 0.3) is 0 Å². The van der Waals surface area contributed by atoms with E-state index in [1.165, 1.54) is 0 Å². The van der Waals surface area contributed by atoms with Crippen LogP contribution in [-0.2, 0) is 0 Å². The summed E-state index contributed by atoms with van der Waals surface area (Å²) in [4.78, 5) is 0. The first-order valence-electron chi connectivity index (χ1n) is 1.51. The second-order valence-electron chi connectivity index (χ2n) is 1.00. The van der Waals surface area contributed by atoms with Crippen LogP contribution in [0.25, 0.3) is 0 Å². The van der Waals surface area contributed by atoms with Gasteiger partial charge in [0, 0.05) is 5.88 Å². The first-order valence-corrected chi connectivity index (χ1v) is 2.05. The molecule has 1 N–H and O–H groups in total. The molecule has 0 amide bonds. The molecule has 0 bridgehead atoms. The number of halogens is 1. The van der Waals surface area contributed by atoms with Gasteiger partial charge in [-0.25, -0.2) is 0 Å². The van der Waals surface area contributed by atoms with Gasteiger partial charge in [0.2, 0.25) is 0 Å². The molecular formula is C3H9CaClO. The molecule has 0 saturated carbocycles. The first-order chi connectivity index (χ1) is 2.27. The molecule has 0 fully saturated rings. The van der Waals surface area contributed by atoms with Gasteiger partial charge < -0.3 is 5.11 Å². The Balaban J connectivity index is 0. The fraction of sp³-hybridized carbons (Fsp3) is 1.00. The summed E-state index contributed by atoms with van der Waals surface area (Å²) >= 11 is 5.09. The van der Waals surface area contributed by atoms with Crippen molar-refractivity contribution in [1.29, 1.82) is 0 Å². The number of aliphatic hydroxyl groups is 1. The van der Waals surface area contributed by atoms with Crippen LogP contribution >= 0.6 is 11.6 Å². The Kier molecular flexibility index (Phi) is 11.4. The molecular weight excluding hydrogens is 128 g/mol. The van der Waals surface area contributed by atoms with Gasteiger partial charge in [0.15, 0.2) is 0 Å². The van der Waals surface area contributed by atoms with Crippen molar-refractivity contribution in [2.45, 2.75) is 13.0 Å². The van der Waals surface area contributed by atoms with Gasteiger partial charge in [-0.3, -0.25) is 0 Å². The minimum absolute atomic E-state index is 0. The summed E-state index contributed by atoms with van der Waals surface area (Å²) in [6.45, 7) is 1.65. The number of hydrogen-bond donors (Lipinski definition) is 1. The summed E-state index contributed by atoms with van der Waals surface area (Å²) in [5.74, 6) is 0.333. The molecule has 0 rings (SSSR count). The summed E-state index contributed by atoms with van der Waals surface area (Å²) in [6.07, 6.45) is -0.350. The molecule has 0 saturated heterocycles. The van der Waals surface area contributed by atoms with Crippen LogP contribution in [-0.4, -0.2) is 54.8 Å². The van der Waals surface area contributed by atoms with Crippen molar-refractivity contribution in [2.24, 2.45) is 0 Å². The van der Waals surface area contributed by atoms with Crippen molar-refractivity contribution in [1.82, 2.24) is 0 Å². The van der Waals surface area contributed by atoms with Crippen molar-refractivity contribution in [3.63, 3.8) is 0 Å². The normalized spacial score (nSPS) is 12.5. The fourth-order valence-electron chi connectivity index (χ4n) is 0. The molecule has 0 aromatic carbocycles. The zero-order chi connectivity index (χ0) is 4.28. The quantitative estimate of drug-likeness (QED) is 0.388. The molecule has 36 valence electrons. The standard InChI is InChI=1S/C3H7ClO.Ca.2H/c1-3(5)2-4;;;/h3,5H,2H2,1H3;;;. The maximum atomic E-state index is 8.23. The molecule has 6 heavy (non-hydrogen) atoms. The predicted molar refractivity (Wildman–Crippen MR) is 30.9 cm³/mol. The third-order valence-corrected chi connectivity index (χ3v) is 0.670. The Morgan fingerprint density at radius 3 is 2.00 bits per heavy atom. The van der Waals surface area contributed by atoms with E-state index in [1.807, 2.05) is 0 Å². The van der Waals surface area contributed by atoms with Crippen molar-refractivity contribution in [3.05, 3.63) is 0 Å². The van der Waals surface area contributed by atoms with Crippen LogP contribution in [0.1, 0.15) is 6.92 Å². The Hall–Kier alpha value is 1.51. The molecule has 0 aliphatic rings. The molecule has 0 spiro atoms. The number of aliphatic hydroxyl groups excluding tert-OH is 1. The summed E-state index contributed by atoms with van der Waals surface area (Å²) in [5, 5.41) is 8.23. The molecule has 1 unspecified atom stereocenters.